The van der Waals surface area contributed by atoms with Gasteiger partial charge in [0.25, 0.3) is 0 Å². The first-order valence-corrected chi connectivity index (χ1v) is 21.0. The Morgan fingerprint density at radius 1 is 0.828 bits per heavy atom. The van der Waals surface area contributed by atoms with Gasteiger partial charge in [0, 0.05) is 91.7 Å². The summed E-state index contributed by atoms with van der Waals surface area (Å²) in [6.45, 7) is 11.7. The molecular formula is C46H53N9O3. The number of piperidine rings is 2. The van der Waals surface area contributed by atoms with E-state index in [2.05, 4.69) is 102 Å². The van der Waals surface area contributed by atoms with Crippen molar-refractivity contribution < 1.29 is 14.3 Å². The third kappa shape index (κ3) is 8.78. The number of nitrogens with zero attached hydrogens (tertiary/aromatic N) is 6. The zero-order chi connectivity index (χ0) is 39.4. The first-order chi connectivity index (χ1) is 28.4. The number of carbonyl (C=O) groups excluding carboxylic acids is 2. The lowest BCUT2D eigenvalue weighted by Gasteiger charge is -2.39. The molecule has 1 unspecified atom stereocenters. The normalized spacial score (nSPS) is 19.4. The molecular weight excluding hydrogens is 727 g/mol. The summed E-state index contributed by atoms with van der Waals surface area (Å²) >= 11 is 0. The molecule has 3 N–H and O–H groups in total. The Morgan fingerprint density at radius 3 is 2.41 bits per heavy atom. The number of fused-ring (bicyclic) bond motifs is 2. The van der Waals surface area contributed by atoms with Gasteiger partial charge in [0.05, 0.1) is 12.1 Å². The Hall–Kier alpha value is -5.59. The lowest BCUT2D eigenvalue weighted by molar-refractivity contribution is -0.133. The highest BCUT2D eigenvalue weighted by atomic mass is 16.5. The smallest absolute Gasteiger partial charge is 0.249 e. The molecule has 4 aliphatic heterocycles. The molecule has 2 amide bonds. The second-order valence-corrected chi connectivity index (χ2v) is 16.3. The Balaban J connectivity index is 0.700. The number of piperazine rings is 1. The van der Waals surface area contributed by atoms with Gasteiger partial charge in [0.1, 0.15) is 6.04 Å². The fourth-order valence-electron chi connectivity index (χ4n) is 8.92. The van der Waals surface area contributed by atoms with Crippen LogP contribution in [-0.4, -0.2) is 102 Å². The van der Waals surface area contributed by atoms with E-state index in [0.29, 0.717) is 18.8 Å². The summed E-state index contributed by atoms with van der Waals surface area (Å²) in [7, 11) is 0. The molecule has 0 saturated carbocycles. The SMILES string of the molecule is Cc1c(-c2ccc3cnc(Nc4ccc(CCN5CCC(CN6CCN(c7ccc(NC8CCC(=O)NC8=O)cc7)CC6)CC5)cc4)nc3c2)cnc2c1CCCO2. The zero-order valence-electron chi connectivity index (χ0n) is 33.4. The van der Waals surface area contributed by atoms with Crippen LogP contribution in [0.3, 0.4) is 0 Å². The number of pyridine rings is 1. The largest absolute Gasteiger partial charge is 0.477 e. The summed E-state index contributed by atoms with van der Waals surface area (Å²) in [4.78, 5) is 45.4. The predicted octanol–water partition coefficient (Wildman–Crippen LogP) is 6.36. The standard InChI is InChI=1S/C46H53N9O3/c1-31-39-3-2-26-58-45(39)47-29-40(31)34-6-7-35-28-48-46(51-42(35)27-34)50-37-8-4-32(5-9-37)16-19-53-20-17-33(18-21-53)30-54-22-24-55(25-23-54)38-12-10-36(11-13-38)49-41-14-15-43(56)52-44(41)57/h4-13,27-29,33,41,49H,2-3,14-26,30H2,1H3,(H,48,50,51)(H,52,56,57). The molecule has 300 valence electrons. The van der Waals surface area contributed by atoms with Crippen molar-refractivity contribution in [3.05, 3.63) is 95.8 Å². The van der Waals surface area contributed by atoms with Crippen molar-refractivity contribution in [1.82, 2.24) is 30.1 Å². The van der Waals surface area contributed by atoms with Gasteiger partial charge in [-0.3, -0.25) is 19.8 Å². The van der Waals surface area contributed by atoms with Gasteiger partial charge in [-0.2, -0.15) is 0 Å². The monoisotopic (exact) mass is 779 g/mol. The molecule has 3 aromatic carbocycles. The van der Waals surface area contributed by atoms with Crippen molar-refractivity contribution in [1.29, 1.82) is 0 Å². The van der Waals surface area contributed by atoms with Crippen LogP contribution < -0.4 is 25.6 Å². The molecule has 0 radical (unpaired) electrons. The van der Waals surface area contributed by atoms with Gasteiger partial charge < -0.3 is 25.2 Å². The zero-order valence-corrected chi connectivity index (χ0v) is 33.4. The minimum atomic E-state index is -0.361. The van der Waals surface area contributed by atoms with Gasteiger partial charge in [-0.25, -0.2) is 15.0 Å². The number of imide groups is 1. The average Bonchev–Trinajstić information content (AvgIpc) is 3.25. The van der Waals surface area contributed by atoms with Crippen LogP contribution in [0.2, 0.25) is 0 Å². The van der Waals surface area contributed by atoms with Crippen molar-refractivity contribution in [2.24, 2.45) is 5.92 Å². The number of benzene rings is 3. The maximum Gasteiger partial charge on any atom is 0.249 e. The van der Waals surface area contributed by atoms with Crippen molar-refractivity contribution in [2.45, 2.75) is 57.9 Å². The second kappa shape index (κ2) is 17.1. The Labute approximate surface area is 340 Å². The van der Waals surface area contributed by atoms with Gasteiger partial charge in [-0.05, 0) is 124 Å². The molecule has 6 heterocycles. The number of carbonyl (C=O) groups is 2. The molecule has 0 spiro atoms. The van der Waals surface area contributed by atoms with E-state index in [1.807, 2.05) is 24.5 Å². The molecule has 58 heavy (non-hydrogen) atoms. The topological polar surface area (TPSA) is 128 Å². The van der Waals surface area contributed by atoms with E-state index >= 15 is 0 Å². The van der Waals surface area contributed by atoms with Gasteiger partial charge in [0.2, 0.25) is 23.6 Å². The summed E-state index contributed by atoms with van der Waals surface area (Å²) in [5, 5.41) is 10.1. The fourth-order valence-corrected chi connectivity index (χ4v) is 8.92. The van der Waals surface area contributed by atoms with Crippen molar-refractivity contribution in [3.8, 4) is 17.0 Å². The number of hydrogen-bond acceptors (Lipinski definition) is 11. The summed E-state index contributed by atoms with van der Waals surface area (Å²) in [5.41, 5.74) is 10.0. The number of likely N-dealkylation sites (tertiary alicyclic amines) is 1. The molecule has 1 atom stereocenters. The van der Waals surface area contributed by atoms with E-state index in [1.54, 1.807) is 0 Å². The summed E-state index contributed by atoms with van der Waals surface area (Å²) in [5.74, 6) is 1.69. The minimum absolute atomic E-state index is 0.192. The van der Waals surface area contributed by atoms with Crippen LogP contribution in [0.4, 0.5) is 23.0 Å². The molecule has 3 fully saturated rings. The van der Waals surface area contributed by atoms with Crippen molar-refractivity contribution in [2.75, 3.05) is 74.5 Å². The lowest BCUT2D eigenvalue weighted by atomic mass is 9.95. The third-order valence-corrected chi connectivity index (χ3v) is 12.5. The van der Waals surface area contributed by atoms with E-state index in [4.69, 9.17) is 9.72 Å². The fraction of sp³-hybridized carbons (Fsp3) is 0.413. The Kier molecular flexibility index (Phi) is 11.2. The highest BCUT2D eigenvalue weighted by Gasteiger charge is 2.27. The highest BCUT2D eigenvalue weighted by Crippen LogP contribution is 2.34. The van der Waals surface area contributed by atoms with Crippen LogP contribution in [0.5, 0.6) is 5.88 Å². The quantitative estimate of drug-likeness (QED) is 0.130. The highest BCUT2D eigenvalue weighted by molar-refractivity contribution is 6.01. The average molecular weight is 780 g/mol. The van der Waals surface area contributed by atoms with Crippen LogP contribution in [-0.2, 0) is 22.4 Å². The van der Waals surface area contributed by atoms with Crippen molar-refractivity contribution in [3.63, 3.8) is 0 Å². The van der Waals surface area contributed by atoms with Crippen molar-refractivity contribution >= 4 is 45.7 Å². The predicted molar refractivity (Wildman–Crippen MR) is 229 cm³/mol. The number of aromatic nitrogens is 3. The maximum atomic E-state index is 12.1. The molecule has 0 bridgehead atoms. The molecule has 12 heteroatoms. The first kappa shape index (κ1) is 38.0. The summed E-state index contributed by atoms with van der Waals surface area (Å²) in [6.07, 6.45) is 10.3. The molecule has 12 nitrogen and oxygen atoms in total. The van der Waals surface area contributed by atoms with Crippen LogP contribution in [0, 0.1) is 12.8 Å². The van der Waals surface area contributed by atoms with Crippen LogP contribution in [0.1, 0.15) is 48.8 Å². The molecule has 5 aromatic rings. The molecule has 4 aliphatic rings. The van der Waals surface area contributed by atoms with E-state index in [9.17, 15) is 9.59 Å². The summed E-state index contributed by atoms with van der Waals surface area (Å²) < 4.78 is 5.78. The van der Waals surface area contributed by atoms with E-state index in [0.717, 1.165) is 104 Å². The van der Waals surface area contributed by atoms with Gasteiger partial charge >= 0.3 is 0 Å². The molecule has 3 saturated heterocycles. The maximum absolute atomic E-state index is 12.1. The Bertz CT molecular complexity index is 2250. The van der Waals surface area contributed by atoms with E-state index in [-0.39, 0.29) is 17.9 Å². The number of hydrogen-bond donors (Lipinski definition) is 3. The first-order valence-electron chi connectivity index (χ1n) is 21.0. The summed E-state index contributed by atoms with van der Waals surface area (Å²) in [6, 6.07) is 23.0. The van der Waals surface area contributed by atoms with Gasteiger partial charge in [0.15, 0.2) is 0 Å². The number of anilines is 4. The van der Waals surface area contributed by atoms with Crippen LogP contribution in [0.15, 0.2) is 79.1 Å². The lowest BCUT2D eigenvalue weighted by Crippen LogP contribution is -2.49. The van der Waals surface area contributed by atoms with E-state index in [1.165, 1.54) is 54.9 Å². The van der Waals surface area contributed by atoms with Crippen LogP contribution in [0.25, 0.3) is 22.0 Å². The number of amides is 2. The molecule has 9 rings (SSSR count). The minimum Gasteiger partial charge on any atom is -0.477 e. The van der Waals surface area contributed by atoms with Crippen LogP contribution >= 0.6 is 0 Å². The van der Waals surface area contributed by atoms with Gasteiger partial charge in [-0.15, -0.1) is 0 Å². The number of rotatable bonds is 11. The number of nitrogens with one attached hydrogen (secondary N) is 3. The molecule has 2 aromatic heterocycles. The van der Waals surface area contributed by atoms with Gasteiger partial charge in [-0.1, -0.05) is 24.3 Å². The third-order valence-electron chi connectivity index (χ3n) is 12.5. The number of ether oxygens (including phenoxy) is 1. The van der Waals surface area contributed by atoms with E-state index < -0.39 is 0 Å². The Morgan fingerprint density at radius 2 is 1.62 bits per heavy atom. The molecule has 0 aliphatic carbocycles. The second-order valence-electron chi connectivity index (χ2n) is 16.3.